The molecular weight excluding hydrogens is 372 g/mol. The molecule has 0 aromatic heterocycles. The minimum atomic E-state index is 1.29. The van der Waals surface area contributed by atoms with Gasteiger partial charge in [0.25, 0.3) is 0 Å². The molecule has 0 atom stereocenters. The Morgan fingerprint density at radius 3 is 1.32 bits per heavy atom. The topological polar surface area (TPSA) is 0 Å². The third-order valence-electron chi connectivity index (χ3n) is 7.10. The first-order chi connectivity index (χ1) is 15.1. The number of hydrogen-bond acceptors (Lipinski definition) is 0. The minimum Gasteiger partial charge on any atom is -0.0616 e. The molecule has 0 heteroatoms. The molecule has 0 bridgehead atoms. The van der Waals surface area contributed by atoms with Crippen molar-refractivity contribution in [3.8, 4) is 11.1 Å². The second-order valence-corrected chi connectivity index (χ2v) is 8.65. The lowest BCUT2D eigenvalue weighted by molar-refractivity contribution is 1.41. The molecule has 6 aromatic rings. The third-order valence-corrected chi connectivity index (χ3v) is 7.10. The van der Waals surface area contributed by atoms with Crippen LogP contribution in [0, 0.1) is 20.8 Å². The molecule has 148 valence electrons. The van der Waals surface area contributed by atoms with Gasteiger partial charge in [0.05, 0.1) is 0 Å². The Labute approximate surface area is 182 Å². The van der Waals surface area contributed by atoms with Crippen LogP contribution in [0.25, 0.3) is 54.2 Å². The maximum atomic E-state index is 2.41. The van der Waals surface area contributed by atoms with E-state index in [1.54, 1.807) is 0 Å². The molecule has 6 aromatic carbocycles. The molecule has 0 spiro atoms. The van der Waals surface area contributed by atoms with Crippen LogP contribution in [0.5, 0.6) is 0 Å². The zero-order chi connectivity index (χ0) is 21.1. The fraction of sp³-hybridized carbons (Fsp3) is 0.0968. The Balaban J connectivity index is 1.80. The zero-order valence-corrected chi connectivity index (χ0v) is 18.2. The second-order valence-electron chi connectivity index (χ2n) is 8.65. The molecule has 6 rings (SSSR count). The molecule has 0 radical (unpaired) electrons. The van der Waals surface area contributed by atoms with Gasteiger partial charge in [-0.3, -0.25) is 0 Å². The van der Waals surface area contributed by atoms with E-state index in [0.29, 0.717) is 0 Å². The van der Waals surface area contributed by atoms with E-state index in [4.69, 9.17) is 0 Å². The van der Waals surface area contributed by atoms with E-state index in [9.17, 15) is 0 Å². The quantitative estimate of drug-likeness (QED) is 0.192. The molecule has 0 nitrogen and oxygen atoms in total. The van der Waals surface area contributed by atoms with Gasteiger partial charge in [0.1, 0.15) is 0 Å². The molecule has 0 amide bonds. The maximum Gasteiger partial charge on any atom is -0.00264 e. The lowest BCUT2D eigenvalue weighted by atomic mass is 9.86. The van der Waals surface area contributed by atoms with Crippen LogP contribution < -0.4 is 0 Å². The van der Waals surface area contributed by atoms with Gasteiger partial charge in [0, 0.05) is 0 Å². The standard InChI is InChI=1S/C31H24/c1-19-20(2)26-17-16-22(18-30(26)27-13-7-4-10-23(19)27)31-28-14-8-5-11-24(28)21(3)25-12-6-9-15-29(25)31/h4-18H,1-3H3. The summed E-state index contributed by atoms with van der Waals surface area (Å²) in [4.78, 5) is 0. The van der Waals surface area contributed by atoms with Crippen LogP contribution in [0.15, 0.2) is 91.0 Å². The molecule has 0 aliphatic rings. The van der Waals surface area contributed by atoms with Crippen LogP contribution in [-0.4, -0.2) is 0 Å². The molecular formula is C31H24. The first kappa shape index (κ1) is 18.2. The van der Waals surface area contributed by atoms with E-state index < -0.39 is 0 Å². The number of rotatable bonds is 1. The van der Waals surface area contributed by atoms with Crippen LogP contribution in [0.1, 0.15) is 16.7 Å². The van der Waals surface area contributed by atoms with Crippen molar-refractivity contribution in [2.24, 2.45) is 0 Å². The largest absolute Gasteiger partial charge is 0.0616 e. The molecule has 0 unspecified atom stereocenters. The fourth-order valence-electron chi connectivity index (χ4n) is 5.36. The van der Waals surface area contributed by atoms with Crippen molar-refractivity contribution in [3.63, 3.8) is 0 Å². The van der Waals surface area contributed by atoms with E-state index in [0.717, 1.165) is 0 Å². The Kier molecular flexibility index (Phi) is 3.91. The SMILES string of the molecule is Cc1c2ccccc2c(-c2ccc3c(C)c(C)c4ccccc4c3c2)c2ccccc12. The van der Waals surface area contributed by atoms with Gasteiger partial charge >= 0.3 is 0 Å². The summed E-state index contributed by atoms with van der Waals surface area (Å²) >= 11 is 0. The summed E-state index contributed by atoms with van der Waals surface area (Å²) in [6, 6.07) is 33.5. The Morgan fingerprint density at radius 2 is 0.774 bits per heavy atom. The molecule has 0 saturated heterocycles. The molecule has 0 aliphatic heterocycles. The normalized spacial score (nSPS) is 11.7. The van der Waals surface area contributed by atoms with Crippen LogP contribution in [0.2, 0.25) is 0 Å². The van der Waals surface area contributed by atoms with E-state index in [1.165, 1.54) is 70.9 Å². The van der Waals surface area contributed by atoms with Gasteiger partial charge in [-0.1, -0.05) is 84.9 Å². The van der Waals surface area contributed by atoms with Crippen molar-refractivity contribution in [2.45, 2.75) is 20.8 Å². The molecule has 0 fully saturated rings. The third kappa shape index (κ3) is 2.55. The predicted molar refractivity (Wildman–Crippen MR) is 136 cm³/mol. The van der Waals surface area contributed by atoms with E-state index in [2.05, 4.69) is 112 Å². The average Bonchev–Trinajstić information content (AvgIpc) is 2.83. The first-order valence-electron chi connectivity index (χ1n) is 11.0. The highest BCUT2D eigenvalue weighted by Crippen LogP contribution is 2.41. The summed E-state index contributed by atoms with van der Waals surface area (Å²) in [5.41, 5.74) is 6.72. The summed E-state index contributed by atoms with van der Waals surface area (Å²) in [5, 5.41) is 10.7. The number of fused-ring (bicyclic) bond motifs is 5. The Bertz CT molecular complexity index is 1590. The van der Waals surface area contributed by atoms with Crippen molar-refractivity contribution >= 4 is 43.1 Å². The first-order valence-corrected chi connectivity index (χ1v) is 11.0. The lowest BCUT2D eigenvalue weighted by Crippen LogP contribution is -1.92. The second kappa shape index (κ2) is 6.68. The van der Waals surface area contributed by atoms with Crippen LogP contribution in [0.4, 0.5) is 0 Å². The van der Waals surface area contributed by atoms with Gasteiger partial charge in [-0.2, -0.15) is 0 Å². The van der Waals surface area contributed by atoms with Gasteiger partial charge in [0.2, 0.25) is 0 Å². The van der Waals surface area contributed by atoms with Crippen molar-refractivity contribution in [1.29, 1.82) is 0 Å². The highest BCUT2D eigenvalue weighted by atomic mass is 14.2. The van der Waals surface area contributed by atoms with Gasteiger partial charge in [0.15, 0.2) is 0 Å². The molecule has 0 aliphatic carbocycles. The van der Waals surface area contributed by atoms with Crippen molar-refractivity contribution < 1.29 is 0 Å². The average molecular weight is 397 g/mol. The number of aryl methyl sites for hydroxylation is 3. The fourth-order valence-corrected chi connectivity index (χ4v) is 5.36. The number of benzene rings is 6. The smallest absolute Gasteiger partial charge is 0.00264 e. The van der Waals surface area contributed by atoms with E-state index in [1.807, 2.05) is 0 Å². The van der Waals surface area contributed by atoms with Crippen molar-refractivity contribution in [2.75, 3.05) is 0 Å². The van der Waals surface area contributed by atoms with Crippen molar-refractivity contribution in [1.82, 2.24) is 0 Å². The summed E-state index contributed by atoms with van der Waals surface area (Å²) in [7, 11) is 0. The van der Waals surface area contributed by atoms with Crippen molar-refractivity contribution in [3.05, 3.63) is 108 Å². The summed E-state index contributed by atoms with van der Waals surface area (Å²) < 4.78 is 0. The highest BCUT2D eigenvalue weighted by Gasteiger charge is 2.15. The lowest BCUT2D eigenvalue weighted by Gasteiger charge is -2.17. The molecule has 0 heterocycles. The maximum absolute atomic E-state index is 2.41. The molecule has 0 saturated carbocycles. The van der Waals surface area contributed by atoms with Gasteiger partial charge in [-0.15, -0.1) is 0 Å². The van der Waals surface area contributed by atoms with Crippen LogP contribution in [-0.2, 0) is 0 Å². The minimum absolute atomic E-state index is 1.29. The van der Waals surface area contributed by atoms with E-state index in [-0.39, 0.29) is 0 Å². The van der Waals surface area contributed by atoms with Gasteiger partial charge in [-0.05, 0) is 97.7 Å². The molecule has 31 heavy (non-hydrogen) atoms. The summed E-state index contributed by atoms with van der Waals surface area (Å²) in [6.45, 7) is 6.74. The Morgan fingerprint density at radius 1 is 0.355 bits per heavy atom. The van der Waals surface area contributed by atoms with Crippen LogP contribution in [0.3, 0.4) is 0 Å². The van der Waals surface area contributed by atoms with E-state index >= 15 is 0 Å². The monoisotopic (exact) mass is 396 g/mol. The van der Waals surface area contributed by atoms with Crippen LogP contribution >= 0.6 is 0 Å². The van der Waals surface area contributed by atoms with Gasteiger partial charge in [-0.25, -0.2) is 0 Å². The van der Waals surface area contributed by atoms with Gasteiger partial charge < -0.3 is 0 Å². The number of hydrogen-bond donors (Lipinski definition) is 0. The summed E-state index contributed by atoms with van der Waals surface area (Å²) in [5.74, 6) is 0. The Hall–Kier alpha value is -3.64. The summed E-state index contributed by atoms with van der Waals surface area (Å²) in [6.07, 6.45) is 0. The highest BCUT2D eigenvalue weighted by molar-refractivity contribution is 6.17. The predicted octanol–water partition coefficient (Wildman–Crippen LogP) is 8.89. The zero-order valence-electron chi connectivity index (χ0n) is 18.2. The molecule has 0 N–H and O–H groups in total.